The van der Waals surface area contributed by atoms with E-state index in [0.717, 1.165) is 12.1 Å². The Kier molecular flexibility index (Phi) is 8.07. The molecule has 6 nitrogen and oxygen atoms in total. The van der Waals surface area contributed by atoms with Crippen molar-refractivity contribution in [2.75, 3.05) is 32.0 Å². The van der Waals surface area contributed by atoms with Crippen LogP contribution in [0.2, 0.25) is 0 Å². The molecule has 2 aromatic rings. The molecular weight excluding hydrogens is 376 g/mol. The number of unbranched alkanes of at least 4 members (excludes halogenated alkanes) is 1. The molecule has 0 saturated carbocycles. The van der Waals surface area contributed by atoms with Gasteiger partial charge in [-0.15, -0.1) is 0 Å². The van der Waals surface area contributed by atoms with Crippen LogP contribution in [-0.4, -0.2) is 32.4 Å². The number of rotatable bonds is 8. The molecule has 0 atom stereocenters. The maximum absolute atomic E-state index is 12.1. The first-order valence-electron chi connectivity index (χ1n) is 9.03. The fourth-order valence-electron chi connectivity index (χ4n) is 2.68. The van der Waals surface area contributed by atoms with E-state index in [1.165, 1.54) is 39.7 Å². The highest BCUT2D eigenvalue weighted by Gasteiger charge is 2.18. The van der Waals surface area contributed by atoms with E-state index in [4.69, 9.17) is 26.4 Å². The number of ether oxygens (including phenoxy) is 3. The van der Waals surface area contributed by atoms with Gasteiger partial charge in [-0.1, -0.05) is 25.5 Å². The molecule has 2 rings (SSSR count). The maximum Gasteiger partial charge on any atom is 0.340 e. The van der Waals surface area contributed by atoms with Crippen molar-refractivity contribution < 1.29 is 19.0 Å². The fourth-order valence-corrected chi connectivity index (χ4v) is 2.91. The molecule has 0 amide bonds. The number of anilines is 2. The van der Waals surface area contributed by atoms with Gasteiger partial charge in [0.25, 0.3) is 0 Å². The minimum atomic E-state index is -0.508. The second-order valence-corrected chi connectivity index (χ2v) is 6.53. The lowest BCUT2D eigenvalue weighted by atomic mass is 10.1. The molecule has 150 valence electrons. The Morgan fingerprint density at radius 2 is 1.64 bits per heavy atom. The quantitative estimate of drug-likeness (QED) is 0.492. The van der Waals surface area contributed by atoms with Crippen molar-refractivity contribution in [3.05, 3.63) is 47.5 Å². The Hall–Kier alpha value is -2.80. The van der Waals surface area contributed by atoms with Crippen molar-refractivity contribution in [3.63, 3.8) is 0 Å². The van der Waals surface area contributed by atoms with E-state index in [-0.39, 0.29) is 0 Å². The molecule has 0 spiro atoms. The molecule has 28 heavy (non-hydrogen) atoms. The number of esters is 1. The minimum Gasteiger partial charge on any atom is -0.493 e. The molecule has 0 aliphatic heterocycles. The number of benzene rings is 2. The number of methoxy groups -OCH3 is 3. The van der Waals surface area contributed by atoms with E-state index >= 15 is 0 Å². The number of aryl methyl sites for hydroxylation is 1. The molecule has 0 heterocycles. The smallest absolute Gasteiger partial charge is 0.340 e. The van der Waals surface area contributed by atoms with Crippen LogP contribution in [-0.2, 0) is 11.2 Å². The zero-order chi connectivity index (χ0) is 20.5. The Morgan fingerprint density at radius 3 is 2.21 bits per heavy atom. The molecule has 2 aromatic carbocycles. The summed E-state index contributed by atoms with van der Waals surface area (Å²) in [7, 11) is 4.35. The lowest BCUT2D eigenvalue weighted by Crippen LogP contribution is -2.21. The van der Waals surface area contributed by atoms with Crippen molar-refractivity contribution in [2.45, 2.75) is 26.2 Å². The van der Waals surface area contributed by atoms with Gasteiger partial charge < -0.3 is 24.8 Å². The third kappa shape index (κ3) is 5.60. The summed E-state index contributed by atoms with van der Waals surface area (Å²) >= 11 is 5.40. The van der Waals surface area contributed by atoms with Gasteiger partial charge in [0.2, 0.25) is 0 Å². The first kappa shape index (κ1) is 21.5. The van der Waals surface area contributed by atoms with Crippen LogP contribution in [0.4, 0.5) is 11.4 Å². The normalized spacial score (nSPS) is 10.1. The Labute approximate surface area is 171 Å². The molecule has 0 aromatic heterocycles. The van der Waals surface area contributed by atoms with Crippen molar-refractivity contribution in [1.82, 2.24) is 0 Å². The standard InChI is InChI=1S/C21H26N2O4S/c1-5-6-7-14-8-10-15(11-9-14)22-21(28)23-17-13-19(26-3)18(25-2)12-16(17)20(24)27-4/h8-13H,5-7H2,1-4H3,(H2,22,23,28). The monoisotopic (exact) mass is 402 g/mol. The zero-order valence-corrected chi connectivity index (χ0v) is 17.4. The number of thiocarbonyl (C=S) groups is 1. The molecule has 0 radical (unpaired) electrons. The molecule has 0 aliphatic rings. The van der Waals surface area contributed by atoms with E-state index in [1.54, 1.807) is 12.1 Å². The second-order valence-electron chi connectivity index (χ2n) is 6.12. The first-order valence-corrected chi connectivity index (χ1v) is 9.44. The predicted molar refractivity (Wildman–Crippen MR) is 116 cm³/mol. The predicted octanol–water partition coefficient (Wildman–Crippen LogP) is 4.64. The van der Waals surface area contributed by atoms with Crippen LogP contribution in [0.3, 0.4) is 0 Å². The molecule has 0 bridgehead atoms. The van der Waals surface area contributed by atoms with Crippen LogP contribution in [0.25, 0.3) is 0 Å². The third-order valence-electron chi connectivity index (χ3n) is 4.21. The molecular formula is C21H26N2O4S. The summed E-state index contributed by atoms with van der Waals surface area (Å²) in [6.07, 6.45) is 3.40. The number of hydrogen-bond acceptors (Lipinski definition) is 5. The van der Waals surface area contributed by atoms with E-state index < -0.39 is 5.97 Å². The van der Waals surface area contributed by atoms with Gasteiger partial charge >= 0.3 is 5.97 Å². The van der Waals surface area contributed by atoms with Crippen LogP contribution in [0.1, 0.15) is 35.7 Å². The summed E-state index contributed by atoms with van der Waals surface area (Å²) in [6, 6.07) is 11.3. The summed E-state index contributed by atoms with van der Waals surface area (Å²) in [4.78, 5) is 12.1. The van der Waals surface area contributed by atoms with E-state index in [9.17, 15) is 4.79 Å². The van der Waals surface area contributed by atoms with Crippen molar-refractivity contribution in [2.24, 2.45) is 0 Å². The van der Waals surface area contributed by atoms with Crippen LogP contribution < -0.4 is 20.1 Å². The second kappa shape index (κ2) is 10.5. The van der Waals surface area contributed by atoms with Gasteiger partial charge in [0, 0.05) is 17.8 Å². The summed E-state index contributed by atoms with van der Waals surface area (Å²) < 4.78 is 15.4. The van der Waals surface area contributed by atoms with Gasteiger partial charge in [0.05, 0.1) is 32.6 Å². The van der Waals surface area contributed by atoms with Crippen LogP contribution in [0.5, 0.6) is 11.5 Å². The first-order chi connectivity index (χ1) is 13.5. The number of hydrogen-bond donors (Lipinski definition) is 2. The number of carbonyl (C=O) groups is 1. The summed E-state index contributed by atoms with van der Waals surface area (Å²) in [5, 5.41) is 6.50. The molecule has 0 saturated heterocycles. The summed E-state index contributed by atoms with van der Waals surface area (Å²) in [6.45, 7) is 2.18. The van der Waals surface area contributed by atoms with Gasteiger partial charge in [-0.2, -0.15) is 0 Å². The van der Waals surface area contributed by atoms with Gasteiger partial charge in [-0.25, -0.2) is 4.79 Å². The lowest BCUT2D eigenvalue weighted by Gasteiger charge is -2.16. The average molecular weight is 403 g/mol. The lowest BCUT2D eigenvalue weighted by molar-refractivity contribution is 0.0601. The Bertz CT molecular complexity index is 822. The topological polar surface area (TPSA) is 68.8 Å². The molecule has 0 unspecified atom stereocenters. The average Bonchev–Trinajstić information content (AvgIpc) is 2.72. The highest BCUT2D eigenvalue weighted by Crippen LogP contribution is 2.33. The van der Waals surface area contributed by atoms with Gasteiger partial charge in [0.15, 0.2) is 16.6 Å². The van der Waals surface area contributed by atoms with Crippen LogP contribution >= 0.6 is 12.2 Å². The minimum absolute atomic E-state index is 0.291. The van der Waals surface area contributed by atoms with Gasteiger partial charge in [-0.05, 0) is 42.8 Å². The Morgan fingerprint density at radius 1 is 1.00 bits per heavy atom. The van der Waals surface area contributed by atoms with Crippen molar-refractivity contribution in [1.29, 1.82) is 0 Å². The zero-order valence-electron chi connectivity index (χ0n) is 16.6. The fraction of sp³-hybridized carbons (Fsp3) is 0.333. The van der Waals surface area contributed by atoms with E-state index in [2.05, 4.69) is 29.7 Å². The Balaban J connectivity index is 2.16. The summed E-state index contributed by atoms with van der Waals surface area (Å²) in [5.41, 5.74) is 2.90. The van der Waals surface area contributed by atoms with Crippen molar-refractivity contribution >= 4 is 34.7 Å². The van der Waals surface area contributed by atoms with Crippen LogP contribution in [0, 0.1) is 0 Å². The maximum atomic E-state index is 12.1. The van der Waals surface area contributed by atoms with E-state index in [0.29, 0.717) is 27.9 Å². The van der Waals surface area contributed by atoms with Crippen molar-refractivity contribution in [3.8, 4) is 11.5 Å². The van der Waals surface area contributed by atoms with Gasteiger partial charge in [0.1, 0.15) is 0 Å². The summed E-state index contributed by atoms with van der Waals surface area (Å²) in [5.74, 6) is 0.391. The highest BCUT2D eigenvalue weighted by atomic mass is 32.1. The molecule has 2 N–H and O–H groups in total. The highest BCUT2D eigenvalue weighted by molar-refractivity contribution is 7.80. The molecule has 7 heteroatoms. The molecule has 0 aliphatic carbocycles. The molecule has 0 fully saturated rings. The largest absolute Gasteiger partial charge is 0.493 e. The van der Waals surface area contributed by atoms with Gasteiger partial charge in [-0.3, -0.25) is 0 Å². The number of carbonyl (C=O) groups excluding carboxylic acids is 1. The van der Waals surface area contributed by atoms with Crippen LogP contribution in [0.15, 0.2) is 36.4 Å². The third-order valence-corrected chi connectivity index (χ3v) is 4.41. The number of nitrogens with one attached hydrogen (secondary N) is 2. The van der Waals surface area contributed by atoms with E-state index in [1.807, 2.05) is 12.1 Å². The SMILES string of the molecule is CCCCc1ccc(NC(=S)Nc2cc(OC)c(OC)cc2C(=O)OC)cc1.